The second-order valence-electron chi connectivity index (χ2n) is 7.17. The molecule has 0 bridgehead atoms. The molecule has 0 radical (unpaired) electrons. The fourth-order valence-corrected chi connectivity index (χ4v) is 3.18. The number of carboxylic acids is 1. The monoisotopic (exact) mass is 453 g/mol. The number of rotatable bonds is 8. The maximum absolute atomic E-state index is 12.2. The lowest BCUT2D eigenvalue weighted by Crippen LogP contribution is -2.67. The molecule has 0 aromatic heterocycles. The molecule has 6 atom stereocenters. The summed E-state index contributed by atoms with van der Waals surface area (Å²) in [6, 6.07) is 4.16. The van der Waals surface area contributed by atoms with Gasteiger partial charge in [0.25, 0.3) is 11.7 Å². The standard InChI is InChI=1S/C18H23N5O9/c1-8(24)21-13-11(25)6-18(31,17(29)30)32-15(13)14(27)12(26)7-20-16(28)9-2-4-10(5-3-9)22-23-19/h2-5,11-15,25-27,31H,6-7H2,1H3,(H,20,28)(H,21,24)(H,29,30)/t11-,12-,13+,14-,15+,18+/m0/s1. The molecular formula is C18H23N5O9. The quantitative estimate of drug-likeness (QED) is 0.138. The normalized spacial score (nSPS) is 26.8. The third-order valence-corrected chi connectivity index (χ3v) is 4.78. The Bertz CT molecular complexity index is 905. The summed E-state index contributed by atoms with van der Waals surface area (Å²) in [7, 11) is 0. The zero-order valence-corrected chi connectivity index (χ0v) is 16.8. The summed E-state index contributed by atoms with van der Waals surface area (Å²) in [5.74, 6) is -5.98. The Hall–Kier alpha value is -3.26. The highest BCUT2D eigenvalue weighted by atomic mass is 16.7. The van der Waals surface area contributed by atoms with E-state index in [2.05, 4.69) is 20.7 Å². The lowest BCUT2D eigenvalue weighted by molar-refractivity contribution is -0.294. The van der Waals surface area contributed by atoms with Gasteiger partial charge in [-0.3, -0.25) is 9.59 Å². The number of nitrogens with one attached hydrogen (secondary N) is 2. The fourth-order valence-electron chi connectivity index (χ4n) is 3.18. The van der Waals surface area contributed by atoms with Crippen molar-refractivity contribution in [3.8, 4) is 0 Å². The van der Waals surface area contributed by atoms with E-state index in [0.29, 0.717) is 0 Å². The predicted molar refractivity (Wildman–Crippen MR) is 105 cm³/mol. The molecule has 14 heteroatoms. The number of hydrogen-bond donors (Lipinski definition) is 7. The van der Waals surface area contributed by atoms with Gasteiger partial charge in [-0.05, 0) is 17.7 Å². The predicted octanol–water partition coefficient (Wildman–Crippen LogP) is -1.49. The van der Waals surface area contributed by atoms with Gasteiger partial charge in [-0.1, -0.05) is 17.2 Å². The molecule has 0 unspecified atom stereocenters. The Labute approximate surface area is 181 Å². The van der Waals surface area contributed by atoms with Crippen LogP contribution in [-0.2, 0) is 14.3 Å². The molecular weight excluding hydrogens is 430 g/mol. The van der Waals surface area contributed by atoms with E-state index < -0.39 is 67.0 Å². The van der Waals surface area contributed by atoms with Crippen molar-refractivity contribution in [3.63, 3.8) is 0 Å². The Morgan fingerprint density at radius 1 is 1.31 bits per heavy atom. The van der Waals surface area contributed by atoms with Crippen molar-refractivity contribution in [2.24, 2.45) is 5.11 Å². The minimum Gasteiger partial charge on any atom is -0.477 e. The van der Waals surface area contributed by atoms with Crippen molar-refractivity contribution in [2.45, 2.75) is 49.6 Å². The summed E-state index contributed by atoms with van der Waals surface area (Å²) >= 11 is 0. The number of aliphatic hydroxyl groups is 4. The smallest absolute Gasteiger partial charge is 0.364 e. The van der Waals surface area contributed by atoms with Crippen LogP contribution in [0.5, 0.6) is 0 Å². The number of nitrogens with zero attached hydrogens (tertiary/aromatic N) is 3. The van der Waals surface area contributed by atoms with Crippen LogP contribution < -0.4 is 10.6 Å². The Balaban J connectivity index is 2.10. The summed E-state index contributed by atoms with van der Waals surface area (Å²) in [6.45, 7) is 0.588. The summed E-state index contributed by atoms with van der Waals surface area (Å²) in [4.78, 5) is 37.6. The van der Waals surface area contributed by atoms with Gasteiger partial charge < -0.3 is 40.9 Å². The lowest BCUT2D eigenvalue weighted by atomic mass is 9.88. The van der Waals surface area contributed by atoms with E-state index in [9.17, 15) is 39.9 Å². The molecule has 1 saturated heterocycles. The fraction of sp³-hybridized carbons (Fsp3) is 0.500. The van der Waals surface area contributed by atoms with Gasteiger partial charge in [0.05, 0.1) is 18.2 Å². The van der Waals surface area contributed by atoms with Crippen molar-refractivity contribution < 1.29 is 44.7 Å². The highest BCUT2D eigenvalue weighted by Crippen LogP contribution is 2.30. The molecule has 1 fully saturated rings. The van der Waals surface area contributed by atoms with Crippen LogP contribution in [0.1, 0.15) is 23.7 Å². The van der Waals surface area contributed by atoms with Crippen LogP contribution in [-0.4, -0.2) is 86.1 Å². The highest BCUT2D eigenvalue weighted by Gasteiger charge is 2.53. The number of aliphatic carboxylic acids is 1. The molecule has 1 aliphatic rings. The van der Waals surface area contributed by atoms with E-state index in [1.807, 2.05) is 0 Å². The van der Waals surface area contributed by atoms with Crippen molar-refractivity contribution in [3.05, 3.63) is 40.3 Å². The molecule has 1 aromatic carbocycles. The Morgan fingerprint density at radius 2 is 1.94 bits per heavy atom. The van der Waals surface area contributed by atoms with Crippen LogP contribution in [0.25, 0.3) is 10.4 Å². The van der Waals surface area contributed by atoms with Crippen LogP contribution >= 0.6 is 0 Å². The van der Waals surface area contributed by atoms with E-state index in [1.54, 1.807) is 0 Å². The molecule has 0 saturated carbocycles. The summed E-state index contributed by atoms with van der Waals surface area (Å²) in [5, 5.41) is 58.3. The van der Waals surface area contributed by atoms with E-state index >= 15 is 0 Å². The molecule has 0 aliphatic carbocycles. The average molecular weight is 453 g/mol. The summed E-state index contributed by atoms with van der Waals surface area (Å²) in [5.41, 5.74) is 8.82. The zero-order valence-electron chi connectivity index (χ0n) is 16.8. The number of carboxylic acid groups (broad SMARTS) is 1. The van der Waals surface area contributed by atoms with E-state index in [-0.39, 0.29) is 11.3 Å². The van der Waals surface area contributed by atoms with Gasteiger partial charge in [0.15, 0.2) is 0 Å². The number of carbonyl (C=O) groups excluding carboxylic acids is 2. The maximum atomic E-state index is 12.2. The first-order chi connectivity index (χ1) is 15.0. The number of carbonyl (C=O) groups is 3. The lowest BCUT2D eigenvalue weighted by Gasteiger charge is -2.44. The number of amides is 2. The van der Waals surface area contributed by atoms with Gasteiger partial charge in [0, 0.05) is 36.1 Å². The zero-order chi connectivity index (χ0) is 24.1. The average Bonchev–Trinajstić information content (AvgIpc) is 2.73. The molecule has 14 nitrogen and oxygen atoms in total. The van der Waals surface area contributed by atoms with Gasteiger partial charge in [0.2, 0.25) is 5.91 Å². The van der Waals surface area contributed by atoms with Crippen LogP contribution in [0.15, 0.2) is 29.4 Å². The van der Waals surface area contributed by atoms with Crippen molar-refractivity contribution in [1.82, 2.24) is 10.6 Å². The number of ether oxygens (including phenoxy) is 1. The van der Waals surface area contributed by atoms with Gasteiger partial charge in [-0.2, -0.15) is 0 Å². The number of benzene rings is 1. The Kier molecular flexibility index (Phi) is 8.10. The molecule has 32 heavy (non-hydrogen) atoms. The van der Waals surface area contributed by atoms with Gasteiger partial charge in [-0.25, -0.2) is 4.79 Å². The van der Waals surface area contributed by atoms with E-state index in [4.69, 9.17) is 10.3 Å². The van der Waals surface area contributed by atoms with Crippen LogP contribution in [0.2, 0.25) is 0 Å². The topological polar surface area (TPSA) is 234 Å². The molecule has 0 spiro atoms. The van der Waals surface area contributed by atoms with Crippen molar-refractivity contribution in [1.29, 1.82) is 0 Å². The minimum absolute atomic E-state index is 0.157. The van der Waals surface area contributed by atoms with Crippen LogP contribution in [0.4, 0.5) is 5.69 Å². The van der Waals surface area contributed by atoms with Gasteiger partial charge >= 0.3 is 5.97 Å². The first-order valence-corrected chi connectivity index (χ1v) is 9.36. The molecule has 1 aliphatic heterocycles. The number of hydrogen-bond acceptors (Lipinski definition) is 9. The summed E-state index contributed by atoms with van der Waals surface area (Å²) < 4.78 is 5.05. The van der Waals surface area contributed by atoms with Crippen LogP contribution in [0, 0.1) is 0 Å². The molecule has 1 aromatic rings. The van der Waals surface area contributed by atoms with E-state index in [0.717, 1.165) is 6.92 Å². The third kappa shape index (κ3) is 5.91. The third-order valence-electron chi connectivity index (χ3n) is 4.78. The second-order valence-corrected chi connectivity index (χ2v) is 7.17. The van der Waals surface area contributed by atoms with Crippen molar-refractivity contribution >= 4 is 23.5 Å². The van der Waals surface area contributed by atoms with Gasteiger partial charge in [-0.15, -0.1) is 0 Å². The maximum Gasteiger partial charge on any atom is 0.364 e. The summed E-state index contributed by atoms with van der Waals surface area (Å²) in [6.07, 6.45) is -7.79. The molecule has 7 N–H and O–H groups in total. The van der Waals surface area contributed by atoms with Crippen molar-refractivity contribution in [2.75, 3.05) is 6.54 Å². The molecule has 1 heterocycles. The van der Waals surface area contributed by atoms with E-state index in [1.165, 1.54) is 24.3 Å². The van der Waals surface area contributed by atoms with Crippen LogP contribution in [0.3, 0.4) is 0 Å². The Morgan fingerprint density at radius 3 is 2.47 bits per heavy atom. The number of aliphatic hydroxyl groups excluding tert-OH is 3. The largest absolute Gasteiger partial charge is 0.477 e. The van der Waals surface area contributed by atoms with Gasteiger partial charge in [0.1, 0.15) is 12.2 Å². The molecule has 174 valence electrons. The molecule has 2 rings (SSSR count). The molecule has 2 amide bonds. The second kappa shape index (κ2) is 10.4. The highest BCUT2D eigenvalue weighted by molar-refractivity contribution is 5.94. The first-order valence-electron chi connectivity index (χ1n) is 9.36. The minimum atomic E-state index is -2.86. The SMILES string of the molecule is CC(=O)N[C@H]1[C@H]([C@@H](O)[C@@H](O)CNC(=O)c2ccc(N=[N+]=[N-])cc2)O[C@@](O)(C(=O)O)C[C@@H]1O. The first kappa shape index (κ1) is 25.0. The number of azide groups is 1.